The Labute approximate surface area is 166 Å². The fraction of sp³-hybridized carbons (Fsp3) is 0.389. The predicted octanol–water partition coefficient (Wildman–Crippen LogP) is 3.13. The molecule has 3 aromatic rings. The molecular weight excluding hydrogens is 405 g/mol. The molecule has 0 radical (unpaired) electrons. The molecule has 0 N–H and O–H groups in total. The van der Waals surface area contributed by atoms with Crippen molar-refractivity contribution >= 4 is 22.0 Å². The van der Waals surface area contributed by atoms with Gasteiger partial charge >= 0.3 is 6.18 Å². The summed E-state index contributed by atoms with van der Waals surface area (Å²) < 4.78 is 53.0. The van der Waals surface area contributed by atoms with E-state index in [1.807, 2.05) is 0 Å². The molecule has 29 heavy (non-hydrogen) atoms. The zero-order valence-corrected chi connectivity index (χ0v) is 16.3. The largest absolute Gasteiger partial charge is 0.435 e. The monoisotopic (exact) mass is 420 g/mol. The molecule has 11 heteroatoms. The van der Waals surface area contributed by atoms with Crippen LogP contribution in [0.15, 0.2) is 23.2 Å². The Balaban J connectivity index is 1.90. The molecule has 0 aliphatic heterocycles. The lowest BCUT2D eigenvalue weighted by Gasteiger charge is -2.12. The lowest BCUT2D eigenvalue weighted by atomic mass is 9.99. The number of nitrogens with zero attached hydrogens (tertiary/aromatic N) is 6. The lowest BCUT2D eigenvalue weighted by Crippen LogP contribution is -2.09. The SMILES string of the molecule is CC[S@@](=O)c1cc(C2(C#N)CC2)cnc1-c1nc2cc(C(F)(F)F)nnc2n1C. The fourth-order valence-electron chi connectivity index (χ4n) is 3.13. The second-order valence-electron chi connectivity index (χ2n) is 6.83. The van der Waals surface area contributed by atoms with Gasteiger partial charge in [0.1, 0.15) is 11.2 Å². The van der Waals surface area contributed by atoms with Crippen molar-refractivity contribution in [3.63, 3.8) is 0 Å². The van der Waals surface area contributed by atoms with Gasteiger partial charge in [-0.1, -0.05) is 6.92 Å². The van der Waals surface area contributed by atoms with Crippen LogP contribution in [-0.4, -0.2) is 34.7 Å². The predicted molar refractivity (Wildman–Crippen MR) is 98.0 cm³/mol. The van der Waals surface area contributed by atoms with Crippen molar-refractivity contribution in [2.75, 3.05) is 5.75 Å². The van der Waals surface area contributed by atoms with Gasteiger partial charge in [-0.2, -0.15) is 18.4 Å². The van der Waals surface area contributed by atoms with Crippen LogP contribution in [0.3, 0.4) is 0 Å². The summed E-state index contributed by atoms with van der Waals surface area (Å²) in [5, 5.41) is 16.3. The van der Waals surface area contributed by atoms with Gasteiger partial charge in [0.15, 0.2) is 17.2 Å². The maximum atomic E-state index is 12.9. The van der Waals surface area contributed by atoms with Crippen LogP contribution >= 0.6 is 0 Å². The van der Waals surface area contributed by atoms with Crippen LogP contribution in [0, 0.1) is 11.3 Å². The second-order valence-corrected chi connectivity index (χ2v) is 8.54. The van der Waals surface area contributed by atoms with Gasteiger partial charge in [-0.3, -0.25) is 9.19 Å². The van der Waals surface area contributed by atoms with Crippen molar-refractivity contribution in [3.8, 4) is 17.6 Å². The highest BCUT2D eigenvalue weighted by molar-refractivity contribution is 7.85. The Morgan fingerprint density at radius 3 is 2.62 bits per heavy atom. The van der Waals surface area contributed by atoms with Crippen LogP contribution in [0.1, 0.15) is 31.0 Å². The zero-order valence-electron chi connectivity index (χ0n) is 15.5. The number of nitriles is 1. The van der Waals surface area contributed by atoms with E-state index in [9.17, 15) is 22.6 Å². The first-order valence-corrected chi connectivity index (χ1v) is 10.1. The third kappa shape index (κ3) is 3.17. The van der Waals surface area contributed by atoms with Crippen LogP contribution in [0.4, 0.5) is 13.2 Å². The molecule has 0 bridgehead atoms. The van der Waals surface area contributed by atoms with Gasteiger partial charge < -0.3 is 4.57 Å². The van der Waals surface area contributed by atoms with Gasteiger partial charge in [0.05, 0.1) is 27.2 Å². The Kier molecular flexibility index (Phi) is 4.42. The van der Waals surface area contributed by atoms with Crippen molar-refractivity contribution in [2.45, 2.75) is 36.3 Å². The van der Waals surface area contributed by atoms with Crippen LogP contribution < -0.4 is 0 Å². The number of fused-ring (bicyclic) bond motifs is 1. The van der Waals surface area contributed by atoms with Gasteiger partial charge in [-0.25, -0.2) is 4.98 Å². The number of hydrogen-bond acceptors (Lipinski definition) is 6. The molecule has 1 aliphatic carbocycles. The van der Waals surface area contributed by atoms with Crippen LogP contribution in [-0.2, 0) is 29.4 Å². The smallest absolute Gasteiger partial charge is 0.309 e. The van der Waals surface area contributed by atoms with Gasteiger partial charge in [0.25, 0.3) is 0 Å². The zero-order chi connectivity index (χ0) is 21.0. The van der Waals surface area contributed by atoms with E-state index in [0.29, 0.717) is 29.1 Å². The number of imidazole rings is 1. The van der Waals surface area contributed by atoms with E-state index < -0.39 is 28.1 Å². The van der Waals surface area contributed by atoms with Gasteiger partial charge in [-0.05, 0) is 24.5 Å². The van der Waals surface area contributed by atoms with E-state index in [1.165, 1.54) is 4.57 Å². The van der Waals surface area contributed by atoms with E-state index in [1.54, 1.807) is 26.2 Å². The molecule has 0 unspecified atom stereocenters. The molecule has 4 rings (SSSR count). The minimum absolute atomic E-state index is 0.0135. The summed E-state index contributed by atoms with van der Waals surface area (Å²) in [5.74, 6) is 0.554. The third-order valence-electron chi connectivity index (χ3n) is 5.00. The Bertz CT molecular complexity index is 1190. The van der Waals surface area contributed by atoms with Gasteiger partial charge in [0, 0.05) is 25.1 Å². The number of rotatable bonds is 4. The molecule has 3 heterocycles. The van der Waals surface area contributed by atoms with E-state index in [0.717, 1.165) is 6.07 Å². The number of alkyl halides is 3. The first-order chi connectivity index (χ1) is 13.7. The summed E-state index contributed by atoms with van der Waals surface area (Å²) in [5.41, 5.74) is -0.588. The Morgan fingerprint density at radius 1 is 1.31 bits per heavy atom. The van der Waals surface area contributed by atoms with Crippen molar-refractivity contribution in [2.24, 2.45) is 7.05 Å². The second kappa shape index (κ2) is 6.59. The molecule has 1 atom stereocenters. The van der Waals surface area contributed by atoms with Crippen molar-refractivity contribution in [1.29, 1.82) is 5.26 Å². The normalized spacial score (nSPS) is 16.6. The first kappa shape index (κ1) is 19.4. The molecule has 0 spiro atoms. The maximum absolute atomic E-state index is 12.9. The molecular formula is C18H15F3N6OS. The van der Waals surface area contributed by atoms with Gasteiger partial charge in [0.2, 0.25) is 0 Å². The highest BCUT2D eigenvalue weighted by Gasteiger charge is 2.45. The molecule has 0 saturated heterocycles. The lowest BCUT2D eigenvalue weighted by molar-refractivity contribution is -0.141. The fourth-order valence-corrected chi connectivity index (χ4v) is 4.06. The van der Waals surface area contributed by atoms with Gasteiger partial charge in [-0.15, -0.1) is 10.2 Å². The number of hydrogen-bond donors (Lipinski definition) is 0. The minimum atomic E-state index is -4.64. The Hall–Kier alpha value is -2.87. The quantitative estimate of drug-likeness (QED) is 0.643. The molecule has 0 aromatic carbocycles. The summed E-state index contributed by atoms with van der Waals surface area (Å²) >= 11 is 0. The summed E-state index contributed by atoms with van der Waals surface area (Å²) in [4.78, 5) is 9.06. The Morgan fingerprint density at radius 2 is 2.03 bits per heavy atom. The highest BCUT2D eigenvalue weighted by atomic mass is 32.2. The molecule has 1 aliphatic rings. The number of aromatic nitrogens is 5. The standard InChI is InChI=1S/C18H15F3N6OS/c1-3-29(28)12-6-10(17(9-22)4-5-17)8-23-14(12)16-24-11-7-13(18(19,20)21)25-26-15(11)27(16)2/h6-8H,3-5H2,1-2H3/t29-/m1/s1. The maximum Gasteiger partial charge on any atom is 0.435 e. The summed E-state index contributed by atoms with van der Waals surface area (Å²) in [7, 11) is 0.170. The molecule has 0 amide bonds. The van der Waals surface area contributed by atoms with E-state index in [2.05, 4.69) is 26.2 Å². The molecule has 150 valence electrons. The van der Waals surface area contributed by atoms with E-state index >= 15 is 0 Å². The number of halogens is 3. The van der Waals surface area contributed by atoms with Crippen LogP contribution in [0.5, 0.6) is 0 Å². The molecule has 3 aromatic heterocycles. The topological polar surface area (TPSA) is 97.3 Å². The number of pyridine rings is 1. The van der Waals surface area contributed by atoms with Crippen molar-refractivity contribution in [1.82, 2.24) is 24.7 Å². The average Bonchev–Trinajstić information content (AvgIpc) is 3.44. The van der Waals surface area contributed by atoms with Crippen molar-refractivity contribution in [3.05, 3.63) is 29.6 Å². The molecule has 1 fully saturated rings. The van der Waals surface area contributed by atoms with Crippen LogP contribution in [0.25, 0.3) is 22.7 Å². The molecule has 7 nitrogen and oxygen atoms in total. The van der Waals surface area contributed by atoms with Crippen LogP contribution in [0.2, 0.25) is 0 Å². The highest BCUT2D eigenvalue weighted by Crippen LogP contribution is 2.48. The van der Waals surface area contributed by atoms with E-state index in [-0.39, 0.29) is 22.7 Å². The first-order valence-electron chi connectivity index (χ1n) is 8.78. The van der Waals surface area contributed by atoms with E-state index in [4.69, 9.17) is 0 Å². The third-order valence-corrected chi connectivity index (χ3v) is 6.32. The minimum Gasteiger partial charge on any atom is -0.309 e. The average molecular weight is 420 g/mol. The van der Waals surface area contributed by atoms with Crippen molar-refractivity contribution < 1.29 is 17.4 Å². The number of aryl methyl sites for hydroxylation is 1. The summed E-state index contributed by atoms with van der Waals surface area (Å²) in [6, 6.07) is 4.80. The summed E-state index contributed by atoms with van der Waals surface area (Å²) in [6.07, 6.45) is -1.66. The molecule has 1 saturated carbocycles. The summed E-state index contributed by atoms with van der Waals surface area (Å²) in [6.45, 7) is 1.75.